The molecule has 1 amide bonds. The topological polar surface area (TPSA) is 85.8 Å². The van der Waals surface area contributed by atoms with E-state index in [1.165, 1.54) is 29.4 Å². The van der Waals surface area contributed by atoms with E-state index in [-0.39, 0.29) is 12.1 Å². The molecule has 8 heteroatoms. The Kier molecular flexibility index (Phi) is 3.42. The number of benzene rings is 1. The van der Waals surface area contributed by atoms with E-state index in [0.29, 0.717) is 11.4 Å². The van der Waals surface area contributed by atoms with Gasteiger partial charge in [0.2, 0.25) is 0 Å². The first-order valence-corrected chi connectivity index (χ1v) is 6.07. The predicted molar refractivity (Wildman–Crippen MR) is 69.0 cm³/mol. The molecule has 0 unspecified atom stereocenters. The first kappa shape index (κ1) is 13.0. The second kappa shape index (κ2) is 5.53. The fourth-order valence-corrected chi connectivity index (χ4v) is 1.84. The van der Waals surface area contributed by atoms with Crippen LogP contribution in [-0.2, 0) is 6.54 Å². The molecule has 3 rings (SSSR count). The van der Waals surface area contributed by atoms with Crippen LogP contribution in [0.2, 0.25) is 0 Å². The maximum atomic E-state index is 13.4. The van der Waals surface area contributed by atoms with Gasteiger partial charge in [0.15, 0.2) is 0 Å². The average molecular weight is 287 g/mol. The van der Waals surface area contributed by atoms with E-state index < -0.39 is 11.7 Å². The Morgan fingerprint density at radius 2 is 2.29 bits per heavy atom. The molecule has 2 aromatic heterocycles. The van der Waals surface area contributed by atoms with Crippen molar-refractivity contribution in [3.05, 3.63) is 60.1 Å². The lowest BCUT2D eigenvalue weighted by atomic mass is 10.1. The average Bonchev–Trinajstić information content (AvgIpc) is 3.18. The van der Waals surface area contributed by atoms with Crippen molar-refractivity contribution in [2.24, 2.45) is 0 Å². The summed E-state index contributed by atoms with van der Waals surface area (Å²) in [5, 5.41) is 13.4. The molecule has 0 atom stereocenters. The molecular weight excluding hydrogens is 277 g/mol. The lowest BCUT2D eigenvalue weighted by Crippen LogP contribution is -2.24. The number of tetrazole rings is 1. The molecule has 1 N–H and O–H groups in total. The third kappa shape index (κ3) is 2.78. The van der Waals surface area contributed by atoms with E-state index in [4.69, 9.17) is 4.42 Å². The fraction of sp³-hybridized carbons (Fsp3) is 0.0769. The van der Waals surface area contributed by atoms with Crippen molar-refractivity contribution in [3.63, 3.8) is 0 Å². The van der Waals surface area contributed by atoms with Gasteiger partial charge in [-0.1, -0.05) is 0 Å². The third-order valence-corrected chi connectivity index (χ3v) is 2.80. The standard InChI is InChI=1S/C13H10FN5O2/c14-9-3-4-12(19-8-16-17-18-19)11(6-9)13(20)15-7-10-2-1-5-21-10/h1-6,8H,7H2,(H,15,20). The number of hydrogen-bond acceptors (Lipinski definition) is 5. The predicted octanol–water partition coefficient (Wildman–Crippen LogP) is 1.32. The van der Waals surface area contributed by atoms with Crippen LogP contribution in [0.5, 0.6) is 0 Å². The number of amides is 1. The van der Waals surface area contributed by atoms with Crippen molar-refractivity contribution in [1.29, 1.82) is 0 Å². The summed E-state index contributed by atoms with van der Waals surface area (Å²) >= 11 is 0. The summed E-state index contributed by atoms with van der Waals surface area (Å²) in [6, 6.07) is 7.26. The van der Waals surface area contributed by atoms with Gasteiger partial charge >= 0.3 is 0 Å². The van der Waals surface area contributed by atoms with Crippen LogP contribution in [0, 0.1) is 5.82 Å². The van der Waals surface area contributed by atoms with Gasteiger partial charge in [0.05, 0.1) is 24.1 Å². The minimum Gasteiger partial charge on any atom is -0.467 e. The van der Waals surface area contributed by atoms with E-state index in [9.17, 15) is 9.18 Å². The Hall–Kier alpha value is -3.03. The van der Waals surface area contributed by atoms with Crippen molar-refractivity contribution < 1.29 is 13.6 Å². The minimum absolute atomic E-state index is 0.133. The van der Waals surface area contributed by atoms with E-state index in [2.05, 4.69) is 20.8 Å². The van der Waals surface area contributed by atoms with Crippen molar-refractivity contribution in [3.8, 4) is 5.69 Å². The maximum Gasteiger partial charge on any atom is 0.253 e. The molecule has 0 spiro atoms. The number of carbonyl (C=O) groups is 1. The molecular formula is C13H10FN5O2. The monoisotopic (exact) mass is 287 g/mol. The van der Waals surface area contributed by atoms with Crippen LogP contribution in [0.1, 0.15) is 16.1 Å². The highest BCUT2D eigenvalue weighted by Gasteiger charge is 2.15. The van der Waals surface area contributed by atoms with E-state index in [1.807, 2.05) is 0 Å². The summed E-state index contributed by atoms with van der Waals surface area (Å²) in [6.45, 7) is 0.206. The van der Waals surface area contributed by atoms with Gasteiger partial charge in [0.1, 0.15) is 17.9 Å². The van der Waals surface area contributed by atoms with Crippen LogP contribution in [0.3, 0.4) is 0 Å². The summed E-state index contributed by atoms with van der Waals surface area (Å²) in [6.07, 6.45) is 2.84. The molecule has 3 aromatic rings. The van der Waals surface area contributed by atoms with Gasteiger partial charge in [-0.2, -0.15) is 4.68 Å². The normalized spacial score (nSPS) is 10.5. The van der Waals surface area contributed by atoms with Crippen molar-refractivity contribution >= 4 is 5.91 Å². The molecule has 21 heavy (non-hydrogen) atoms. The van der Waals surface area contributed by atoms with E-state index in [1.54, 1.807) is 12.1 Å². The zero-order valence-corrected chi connectivity index (χ0v) is 10.7. The Morgan fingerprint density at radius 1 is 1.38 bits per heavy atom. The second-order valence-electron chi connectivity index (χ2n) is 4.18. The van der Waals surface area contributed by atoms with Crippen LogP contribution >= 0.6 is 0 Å². The Bertz CT molecular complexity index is 740. The van der Waals surface area contributed by atoms with Crippen LogP contribution < -0.4 is 5.32 Å². The van der Waals surface area contributed by atoms with Gasteiger partial charge in [0, 0.05) is 0 Å². The molecule has 0 aliphatic heterocycles. The summed E-state index contributed by atoms with van der Waals surface area (Å²) < 4.78 is 19.8. The SMILES string of the molecule is O=C(NCc1ccco1)c1cc(F)ccc1-n1cnnn1. The lowest BCUT2D eigenvalue weighted by molar-refractivity contribution is 0.0947. The van der Waals surface area contributed by atoms with Gasteiger partial charge in [-0.05, 0) is 40.8 Å². The van der Waals surface area contributed by atoms with E-state index >= 15 is 0 Å². The van der Waals surface area contributed by atoms with Crippen LogP contribution in [-0.4, -0.2) is 26.1 Å². The number of halogens is 1. The number of aromatic nitrogens is 4. The molecule has 0 saturated carbocycles. The molecule has 1 aromatic carbocycles. The zero-order valence-electron chi connectivity index (χ0n) is 10.7. The smallest absolute Gasteiger partial charge is 0.253 e. The van der Waals surface area contributed by atoms with E-state index in [0.717, 1.165) is 6.07 Å². The number of hydrogen-bond donors (Lipinski definition) is 1. The largest absolute Gasteiger partial charge is 0.467 e. The van der Waals surface area contributed by atoms with Crippen LogP contribution in [0.4, 0.5) is 4.39 Å². The minimum atomic E-state index is -0.519. The number of carbonyl (C=O) groups excluding carboxylic acids is 1. The number of nitrogens with zero attached hydrogens (tertiary/aromatic N) is 4. The molecule has 0 bridgehead atoms. The maximum absolute atomic E-state index is 13.4. The van der Waals surface area contributed by atoms with Gasteiger partial charge in [-0.3, -0.25) is 4.79 Å². The molecule has 2 heterocycles. The molecule has 0 fully saturated rings. The quantitative estimate of drug-likeness (QED) is 0.782. The highest BCUT2D eigenvalue weighted by molar-refractivity contribution is 5.97. The van der Waals surface area contributed by atoms with Crippen molar-refractivity contribution in [2.75, 3.05) is 0 Å². The number of rotatable bonds is 4. The summed E-state index contributed by atoms with van der Waals surface area (Å²) in [5.41, 5.74) is 0.521. The first-order valence-electron chi connectivity index (χ1n) is 6.07. The fourth-order valence-electron chi connectivity index (χ4n) is 1.84. The van der Waals surface area contributed by atoms with Crippen LogP contribution in [0.25, 0.3) is 5.69 Å². The summed E-state index contributed by atoms with van der Waals surface area (Å²) in [4.78, 5) is 12.2. The number of furan rings is 1. The van der Waals surface area contributed by atoms with Gasteiger partial charge in [-0.15, -0.1) is 5.10 Å². The molecule has 106 valence electrons. The molecule has 0 saturated heterocycles. The highest BCUT2D eigenvalue weighted by Crippen LogP contribution is 2.15. The number of nitrogens with one attached hydrogen (secondary N) is 1. The highest BCUT2D eigenvalue weighted by atomic mass is 19.1. The first-order chi connectivity index (χ1) is 10.2. The second-order valence-corrected chi connectivity index (χ2v) is 4.18. The molecule has 7 nitrogen and oxygen atoms in total. The van der Waals surface area contributed by atoms with Gasteiger partial charge in [0.25, 0.3) is 5.91 Å². The molecule has 0 aliphatic carbocycles. The molecule has 0 radical (unpaired) electrons. The Labute approximate surface area is 118 Å². The zero-order chi connectivity index (χ0) is 14.7. The lowest BCUT2D eigenvalue weighted by Gasteiger charge is -2.09. The Balaban J connectivity index is 1.86. The molecule has 0 aliphatic rings. The summed E-state index contributed by atoms with van der Waals surface area (Å²) in [5.74, 6) is -0.366. The summed E-state index contributed by atoms with van der Waals surface area (Å²) in [7, 11) is 0. The van der Waals surface area contributed by atoms with Gasteiger partial charge < -0.3 is 9.73 Å². The van der Waals surface area contributed by atoms with Crippen molar-refractivity contribution in [2.45, 2.75) is 6.54 Å². The van der Waals surface area contributed by atoms with Gasteiger partial charge in [-0.25, -0.2) is 4.39 Å². The van der Waals surface area contributed by atoms with Crippen LogP contribution in [0.15, 0.2) is 47.3 Å². The Morgan fingerprint density at radius 3 is 3.00 bits per heavy atom. The third-order valence-electron chi connectivity index (χ3n) is 2.80. The van der Waals surface area contributed by atoms with Crippen molar-refractivity contribution in [1.82, 2.24) is 25.5 Å².